The number of unbranched alkanes of at least 4 members (excludes halogenated alkanes) is 1. The van der Waals surface area contributed by atoms with Crippen molar-refractivity contribution >= 4 is 17.4 Å². The molecular formula is C21H20FNO3. The van der Waals surface area contributed by atoms with E-state index in [1.54, 1.807) is 48.5 Å². The average molecular weight is 353 g/mol. The second-order valence-electron chi connectivity index (χ2n) is 6.23. The van der Waals surface area contributed by atoms with Gasteiger partial charge in [0.2, 0.25) is 0 Å². The molecule has 1 aliphatic rings. The molecule has 1 atom stereocenters. The van der Waals surface area contributed by atoms with Gasteiger partial charge in [-0.1, -0.05) is 61.9 Å². The Hall–Kier alpha value is -2.95. The summed E-state index contributed by atoms with van der Waals surface area (Å²) in [6.07, 6.45) is 1.51. The maximum atomic E-state index is 14.5. The predicted molar refractivity (Wildman–Crippen MR) is 96.8 cm³/mol. The molecule has 1 fully saturated rings. The molecule has 0 aliphatic carbocycles. The summed E-state index contributed by atoms with van der Waals surface area (Å²) in [6.45, 7) is 2.30. The summed E-state index contributed by atoms with van der Waals surface area (Å²) in [4.78, 5) is 26.6. The molecule has 4 nitrogen and oxygen atoms in total. The van der Waals surface area contributed by atoms with Gasteiger partial charge in [-0.15, -0.1) is 0 Å². The first kappa shape index (κ1) is 17.9. The number of carbonyl (C=O) groups is 2. The van der Waals surface area contributed by atoms with Gasteiger partial charge in [0.25, 0.3) is 11.7 Å². The first-order chi connectivity index (χ1) is 12.6. The molecule has 0 bridgehead atoms. The van der Waals surface area contributed by atoms with Gasteiger partial charge in [-0.25, -0.2) is 4.39 Å². The maximum absolute atomic E-state index is 14.5. The van der Waals surface area contributed by atoms with Crippen molar-refractivity contribution in [1.82, 2.24) is 4.90 Å². The number of amides is 1. The monoisotopic (exact) mass is 353 g/mol. The van der Waals surface area contributed by atoms with Gasteiger partial charge < -0.3 is 10.0 Å². The minimum absolute atomic E-state index is 0.0672. The Bertz CT molecular complexity index is 861. The maximum Gasteiger partial charge on any atom is 0.295 e. The fourth-order valence-corrected chi connectivity index (χ4v) is 3.21. The molecule has 1 saturated heterocycles. The highest BCUT2D eigenvalue weighted by atomic mass is 19.1. The summed E-state index contributed by atoms with van der Waals surface area (Å²) in [5.74, 6) is -2.28. The van der Waals surface area contributed by atoms with E-state index >= 15 is 0 Å². The van der Waals surface area contributed by atoms with Gasteiger partial charge in [-0.2, -0.15) is 0 Å². The Labute approximate surface area is 151 Å². The first-order valence-corrected chi connectivity index (χ1v) is 8.64. The van der Waals surface area contributed by atoms with Crippen LogP contribution in [0.4, 0.5) is 4.39 Å². The number of hydrogen-bond acceptors (Lipinski definition) is 3. The number of rotatable bonds is 5. The molecule has 0 aromatic heterocycles. The zero-order valence-electron chi connectivity index (χ0n) is 14.5. The zero-order valence-corrected chi connectivity index (χ0v) is 14.5. The molecule has 1 amide bonds. The Morgan fingerprint density at radius 1 is 1.08 bits per heavy atom. The third kappa shape index (κ3) is 3.12. The van der Waals surface area contributed by atoms with Crippen LogP contribution in [-0.2, 0) is 9.59 Å². The smallest absolute Gasteiger partial charge is 0.295 e. The Balaban J connectivity index is 2.19. The quantitative estimate of drug-likeness (QED) is 0.501. The van der Waals surface area contributed by atoms with Crippen molar-refractivity contribution in [2.24, 2.45) is 0 Å². The van der Waals surface area contributed by atoms with Crippen molar-refractivity contribution < 1.29 is 19.1 Å². The topological polar surface area (TPSA) is 57.6 Å². The highest BCUT2D eigenvalue weighted by Gasteiger charge is 2.46. The molecule has 2 aromatic rings. The summed E-state index contributed by atoms with van der Waals surface area (Å²) in [6, 6.07) is 13.6. The van der Waals surface area contributed by atoms with Crippen LogP contribution in [0.25, 0.3) is 5.76 Å². The summed E-state index contributed by atoms with van der Waals surface area (Å²) in [5, 5.41) is 10.7. The number of hydrogen-bond donors (Lipinski definition) is 1. The van der Waals surface area contributed by atoms with Gasteiger partial charge in [0.05, 0.1) is 11.6 Å². The van der Waals surface area contributed by atoms with Gasteiger partial charge in [-0.3, -0.25) is 9.59 Å². The fraction of sp³-hybridized carbons (Fsp3) is 0.238. The Kier molecular flexibility index (Phi) is 5.16. The molecule has 0 radical (unpaired) electrons. The minimum Gasteiger partial charge on any atom is -0.507 e. The summed E-state index contributed by atoms with van der Waals surface area (Å²) < 4.78 is 14.5. The van der Waals surface area contributed by atoms with E-state index in [1.165, 1.54) is 11.0 Å². The number of halogens is 1. The van der Waals surface area contributed by atoms with E-state index in [1.807, 2.05) is 6.92 Å². The number of carbonyl (C=O) groups excluding carboxylic acids is 2. The third-order valence-corrected chi connectivity index (χ3v) is 4.54. The molecule has 0 spiro atoms. The van der Waals surface area contributed by atoms with Crippen molar-refractivity contribution in [3.63, 3.8) is 0 Å². The molecule has 134 valence electrons. The molecule has 1 aliphatic heterocycles. The fourth-order valence-electron chi connectivity index (χ4n) is 3.21. The highest BCUT2D eigenvalue weighted by molar-refractivity contribution is 6.46. The second kappa shape index (κ2) is 7.52. The van der Waals surface area contributed by atoms with E-state index in [9.17, 15) is 19.1 Å². The summed E-state index contributed by atoms with van der Waals surface area (Å²) in [7, 11) is 0. The van der Waals surface area contributed by atoms with E-state index in [-0.39, 0.29) is 16.9 Å². The van der Waals surface area contributed by atoms with Crippen LogP contribution >= 0.6 is 0 Å². The van der Waals surface area contributed by atoms with Gasteiger partial charge in [0.15, 0.2) is 0 Å². The van der Waals surface area contributed by atoms with Crippen molar-refractivity contribution in [3.8, 4) is 0 Å². The Morgan fingerprint density at radius 3 is 2.38 bits per heavy atom. The van der Waals surface area contributed by atoms with Gasteiger partial charge in [0, 0.05) is 17.7 Å². The second-order valence-corrected chi connectivity index (χ2v) is 6.23. The van der Waals surface area contributed by atoms with E-state index < -0.39 is 23.5 Å². The zero-order chi connectivity index (χ0) is 18.7. The van der Waals surface area contributed by atoms with Crippen molar-refractivity contribution in [2.75, 3.05) is 6.54 Å². The third-order valence-electron chi connectivity index (χ3n) is 4.54. The SMILES string of the molecule is CCCCN1C(=O)C(=O)C(=C(O)c2ccccc2)C1c1ccccc1F. The van der Waals surface area contributed by atoms with Crippen molar-refractivity contribution in [2.45, 2.75) is 25.8 Å². The number of Topliss-reactive ketones (excluding diaryl/α,β-unsaturated/α-hetero) is 1. The lowest BCUT2D eigenvalue weighted by molar-refractivity contribution is -0.139. The molecule has 0 saturated carbocycles. The van der Waals surface area contributed by atoms with E-state index in [0.717, 1.165) is 6.42 Å². The van der Waals surface area contributed by atoms with Crippen LogP contribution in [0.5, 0.6) is 0 Å². The predicted octanol–water partition coefficient (Wildman–Crippen LogP) is 4.05. The van der Waals surface area contributed by atoms with Crippen LogP contribution in [0.3, 0.4) is 0 Å². The largest absolute Gasteiger partial charge is 0.507 e. The summed E-state index contributed by atoms with van der Waals surface area (Å²) >= 11 is 0. The lowest BCUT2D eigenvalue weighted by Gasteiger charge is -2.25. The lowest BCUT2D eigenvalue weighted by Crippen LogP contribution is -2.31. The van der Waals surface area contributed by atoms with Crippen LogP contribution < -0.4 is 0 Å². The van der Waals surface area contributed by atoms with Gasteiger partial charge >= 0.3 is 0 Å². The number of ketones is 1. The molecule has 2 aromatic carbocycles. The summed E-state index contributed by atoms with van der Waals surface area (Å²) in [5.41, 5.74) is 0.560. The first-order valence-electron chi connectivity index (χ1n) is 8.64. The highest BCUT2D eigenvalue weighted by Crippen LogP contribution is 2.40. The van der Waals surface area contributed by atoms with Crippen LogP contribution in [0.15, 0.2) is 60.2 Å². The number of nitrogens with zero attached hydrogens (tertiary/aromatic N) is 1. The molecule has 1 heterocycles. The normalized spacial score (nSPS) is 19.2. The van der Waals surface area contributed by atoms with Crippen molar-refractivity contribution in [1.29, 1.82) is 0 Å². The number of aliphatic hydroxyl groups excluding tert-OH is 1. The van der Waals surface area contributed by atoms with Crippen LogP contribution in [-0.4, -0.2) is 28.2 Å². The van der Waals surface area contributed by atoms with Crippen LogP contribution in [0, 0.1) is 5.82 Å². The standard InChI is InChI=1S/C21H20FNO3/c1-2-3-13-23-18(15-11-7-8-12-16(15)22)17(20(25)21(23)26)19(24)14-9-5-4-6-10-14/h4-12,18,24H,2-3,13H2,1H3. The number of benzene rings is 2. The van der Waals surface area contributed by atoms with E-state index in [2.05, 4.69) is 0 Å². The van der Waals surface area contributed by atoms with Crippen LogP contribution in [0.2, 0.25) is 0 Å². The number of aliphatic hydroxyl groups is 1. The van der Waals surface area contributed by atoms with Crippen molar-refractivity contribution in [3.05, 3.63) is 77.1 Å². The Morgan fingerprint density at radius 2 is 1.73 bits per heavy atom. The molecule has 3 rings (SSSR count). The minimum atomic E-state index is -0.928. The molecule has 5 heteroatoms. The molecule has 26 heavy (non-hydrogen) atoms. The van der Waals surface area contributed by atoms with E-state index in [4.69, 9.17) is 0 Å². The van der Waals surface area contributed by atoms with Gasteiger partial charge in [-0.05, 0) is 12.5 Å². The van der Waals surface area contributed by atoms with E-state index in [0.29, 0.717) is 18.5 Å². The van der Waals surface area contributed by atoms with Gasteiger partial charge in [0.1, 0.15) is 11.6 Å². The molecular weight excluding hydrogens is 333 g/mol. The van der Waals surface area contributed by atoms with Crippen LogP contribution in [0.1, 0.15) is 36.9 Å². The lowest BCUT2D eigenvalue weighted by atomic mass is 9.95. The molecule has 1 N–H and O–H groups in total. The number of likely N-dealkylation sites (tertiary alicyclic amines) is 1. The average Bonchev–Trinajstić information content (AvgIpc) is 2.91. The molecule has 1 unspecified atom stereocenters.